The highest BCUT2D eigenvalue weighted by atomic mass is 31.0. The number of pyridine rings is 2. The first-order valence-electron chi connectivity index (χ1n) is 13.7. The topological polar surface area (TPSA) is 25.8 Å². The summed E-state index contributed by atoms with van der Waals surface area (Å²) in [5, 5.41) is -0.409. The van der Waals surface area contributed by atoms with Gasteiger partial charge < -0.3 is 0 Å². The Hall–Kier alpha value is -1.62. The minimum atomic E-state index is -0.409. The first kappa shape index (κ1) is 24.7. The van der Waals surface area contributed by atoms with Crippen molar-refractivity contribution in [2.75, 3.05) is 6.16 Å². The molecule has 4 bridgehead atoms. The zero-order valence-corrected chi connectivity index (χ0v) is 24.3. The number of hydrogen-bond acceptors (Lipinski definition) is 2. The van der Waals surface area contributed by atoms with E-state index in [2.05, 4.69) is 104 Å². The average molecular weight is 515 g/mol. The summed E-state index contributed by atoms with van der Waals surface area (Å²) < 4.78 is 0. The predicted octanol–water partition coefficient (Wildman–Crippen LogP) is 7.51. The van der Waals surface area contributed by atoms with E-state index < -0.39 is 5.16 Å². The van der Waals surface area contributed by atoms with Crippen LogP contribution < -0.4 is 0 Å². The Kier molecular flexibility index (Phi) is 6.17. The first-order valence-corrected chi connectivity index (χ1v) is 15.1. The van der Waals surface area contributed by atoms with Crippen LogP contribution in [0.2, 0.25) is 0 Å². The molecule has 0 spiro atoms. The molecule has 5 unspecified atom stereocenters. The number of benzene rings is 1. The molecule has 0 saturated heterocycles. The Balaban J connectivity index is 1.65. The second-order valence-electron chi connectivity index (χ2n) is 12.9. The van der Waals surface area contributed by atoms with Crippen LogP contribution in [0.1, 0.15) is 80.7 Å². The molecule has 2 heterocycles. The zero-order valence-electron chi connectivity index (χ0n) is 22.0. The molecule has 2 nitrogen and oxygen atoms in total. The van der Waals surface area contributed by atoms with Gasteiger partial charge in [-0.05, 0) is 113 Å². The van der Waals surface area contributed by atoms with Crippen LogP contribution in [0.3, 0.4) is 0 Å². The number of rotatable bonds is 5. The van der Waals surface area contributed by atoms with Gasteiger partial charge in [0.1, 0.15) is 0 Å². The van der Waals surface area contributed by atoms with Crippen molar-refractivity contribution in [3.05, 3.63) is 95.1 Å². The molecule has 4 aliphatic carbocycles. The molecular weight excluding hydrogens is 474 g/mol. The van der Waals surface area contributed by atoms with Crippen LogP contribution in [0.4, 0.5) is 0 Å². The molecule has 4 fully saturated rings. The van der Waals surface area contributed by atoms with Crippen molar-refractivity contribution < 1.29 is 0 Å². The Labute approximate surface area is 221 Å². The fourth-order valence-corrected chi connectivity index (χ4v) is 9.84. The monoisotopic (exact) mass is 514 g/mol. The summed E-state index contributed by atoms with van der Waals surface area (Å²) in [5.74, 6) is 3.40. The lowest BCUT2D eigenvalue weighted by Gasteiger charge is -2.62. The summed E-state index contributed by atoms with van der Waals surface area (Å²) in [5.41, 5.74) is 7.17. The lowest BCUT2D eigenvalue weighted by Crippen LogP contribution is -2.56. The van der Waals surface area contributed by atoms with Crippen LogP contribution in [0.5, 0.6) is 0 Å². The Morgan fingerprint density at radius 2 is 1.47 bits per heavy atom. The van der Waals surface area contributed by atoms with Gasteiger partial charge in [0.05, 0.1) is 5.16 Å². The fourth-order valence-electron chi connectivity index (χ4n) is 8.42. The van der Waals surface area contributed by atoms with E-state index in [0.717, 1.165) is 23.7 Å². The highest BCUT2D eigenvalue weighted by Gasteiger charge is 2.58. The van der Waals surface area contributed by atoms with E-state index in [0.29, 0.717) is 0 Å². The summed E-state index contributed by atoms with van der Waals surface area (Å²) in [6.45, 7) is 7.00. The zero-order chi connectivity index (χ0) is 25.1. The molecule has 0 radical (unpaired) electrons. The van der Waals surface area contributed by atoms with Crippen molar-refractivity contribution in [3.63, 3.8) is 0 Å². The summed E-state index contributed by atoms with van der Waals surface area (Å²) in [6.07, 6.45) is 16.1. The van der Waals surface area contributed by atoms with E-state index in [9.17, 15) is 0 Å². The van der Waals surface area contributed by atoms with Gasteiger partial charge in [0, 0.05) is 24.8 Å². The van der Waals surface area contributed by atoms with E-state index in [1.54, 1.807) is 5.56 Å². The quantitative estimate of drug-likeness (QED) is 0.329. The van der Waals surface area contributed by atoms with Crippen molar-refractivity contribution in [2.24, 2.45) is 23.7 Å². The van der Waals surface area contributed by atoms with E-state index >= 15 is 0 Å². The molecule has 7 rings (SSSR count). The number of aromatic nitrogens is 2. The fraction of sp³-hybridized carbons (Fsp3) is 0.500. The van der Waals surface area contributed by atoms with E-state index in [-0.39, 0.29) is 10.8 Å². The Bertz CT molecular complexity index is 1180. The van der Waals surface area contributed by atoms with E-state index in [4.69, 9.17) is 0 Å². The van der Waals surface area contributed by atoms with Crippen LogP contribution in [0, 0.1) is 23.7 Å². The van der Waals surface area contributed by atoms with Crippen LogP contribution >= 0.6 is 18.5 Å². The van der Waals surface area contributed by atoms with Crippen LogP contribution in [0.15, 0.2) is 67.3 Å². The van der Waals surface area contributed by atoms with Crippen molar-refractivity contribution in [1.82, 2.24) is 9.97 Å². The normalized spacial score (nSPS) is 29.5. The molecular formula is C32H40N2P2. The summed E-state index contributed by atoms with van der Waals surface area (Å²) in [6, 6.07) is 16.2. The smallest absolute Gasteiger partial charge is 0.0624 e. The maximum atomic E-state index is 4.59. The highest BCUT2D eigenvalue weighted by Crippen LogP contribution is 2.65. The van der Waals surface area contributed by atoms with Crippen molar-refractivity contribution >= 4 is 18.5 Å². The minimum Gasteiger partial charge on any atom is -0.264 e. The van der Waals surface area contributed by atoms with Crippen molar-refractivity contribution in [2.45, 2.75) is 68.9 Å². The third-order valence-electron chi connectivity index (χ3n) is 9.86. The SMILES string of the molecule is CC(C)(C)c1ccc(C23CC4CC(CC(C4)C2CP)C3)c(C(P)(c2cccnc2)c2cccnc2)c1. The van der Waals surface area contributed by atoms with Crippen LogP contribution in [0.25, 0.3) is 0 Å². The Morgan fingerprint density at radius 3 is 1.97 bits per heavy atom. The largest absolute Gasteiger partial charge is 0.264 e. The number of hydrogen-bond donors (Lipinski definition) is 0. The summed E-state index contributed by atoms with van der Waals surface area (Å²) in [7, 11) is 6.45. The molecule has 4 saturated carbocycles. The molecule has 5 atom stereocenters. The average Bonchev–Trinajstić information content (AvgIpc) is 2.88. The van der Waals surface area contributed by atoms with Gasteiger partial charge in [0.2, 0.25) is 0 Å². The van der Waals surface area contributed by atoms with Crippen LogP contribution in [-0.2, 0) is 16.0 Å². The van der Waals surface area contributed by atoms with Crippen molar-refractivity contribution in [1.29, 1.82) is 0 Å². The molecule has 4 heteroatoms. The minimum absolute atomic E-state index is 0.0736. The van der Waals surface area contributed by atoms with Crippen molar-refractivity contribution in [3.8, 4) is 0 Å². The standard InChI is InChI=1S/C32H40N2P2/c1-30(2,3)24-8-9-27(31-16-21-12-22(17-31)14-23(13-21)29(31)20-35)28(15-24)32(36,25-6-4-10-33-18-25)26-7-5-11-34-19-26/h4-11,15,18-19,21-23,29H,12-14,16-17,20,35-36H2,1-3H3. The maximum Gasteiger partial charge on any atom is 0.0624 e. The third kappa shape index (κ3) is 3.82. The van der Waals surface area contributed by atoms with Gasteiger partial charge >= 0.3 is 0 Å². The van der Waals surface area contributed by atoms with Gasteiger partial charge in [0.25, 0.3) is 0 Å². The van der Waals surface area contributed by atoms with E-state index in [1.807, 2.05) is 12.4 Å². The van der Waals surface area contributed by atoms with Gasteiger partial charge in [-0.25, -0.2) is 0 Å². The molecule has 3 aromatic rings. The first-order chi connectivity index (χ1) is 17.3. The summed E-state index contributed by atoms with van der Waals surface area (Å²) in [4.78, 5) is 9.18. The molecule has 1 aromatic carbocycles. The van der Waals surface area contributed by atoms with Gasteiger partial charge in [-0.1, -0.05) is 51.1 Å². The second-order valence-corrected chi connectivity index (χ2v) is 14.2. The molecule has 188 valence electrons. The van der Waals surface area contributed by atoms with E-state index in [1.165, 1.54) is 60.5 Å². The molecule has 0 N–H and O–H groups in total. The molecule has 0 amide bonds. The van der Waals surface area contributed by atoms with Gasteiger partial charge in [0.15, 0.2) is 0 Å². The number of nitrogens with zero attached hydrogens (tertiary/aromatic N) is 2. The molecule has 0 aliphatic heterocycles. The second kappa shape index (κ2) is 8.99. The van der Waals surface area contributed by atoms with Crippen LogP contribution in [-0.4, -0.2) is 16.1 Å². The van der Waals surface area contributed by atoms with Gasteiger partial charge in [-0.3, -0.25) is 9.97 Å². The molecule has 4 aliphatic rings. The van der Waals surface area contributed by atoms with Gasteiger partial charge in [-0.15, -0.1) is 18.5 Å². The molecule has 2 aromatic heterocycles. The highest BCUT2D eigenvalue weighted by molar-refractivity contribution is 7.19. The van der Waals surface area contributed by atoms with Gasteiger partial charge in [-0.2, -0.15) is 0 Å². The lowest BCUT2D eigenvalue weighted by atomic mass is 9.43. The lowest BCUT2D eigenvalue weighted by molar-refractivity contribution is -0.0522. The summed E-state index contributed by atoms with van der Waals surface area (Å²) >= 11 is 0. The maximum absolute atomic E-state index is 4.59. The third-order valence-corrected chi connectivity index (χ3v) is 11.3. The Morgan fingerprint density at radius 1 is 0.861 bits per heavy atom. The predicted molar refractivity (Wildman–Crippen MR) is 157 cm³/mol. The molecule has 36 heavy (non-hydrogen) atoms.